The molecule has 3 heteroatoms. The lowest BCUT2D eigenvalue weighted by Crippen LogP contribution is -2.38. The number of nitrogens with one attached hydrogen (secondary N) is 1. The molecule has 1 N–H and O–H groups in total. The lowest BCUT2D eigenvalue weighted by molar-refractivity contribution is 0.0220. The molecule has 0 saturated carbocycles. The van der Waals surface area contributed by atoms with Crippen molar-refractivity contribution in [1.29, 1.82) is 0 Å². The van der Waals surface area contributed by atoms with E-state index in [2.05, 4.69) is 12.2 Å². The van der Waals surface area contributed by atoms with Crippen molar-refractivity contribution < 1.29 is 4.74 Å². The largest absolute Gasteiger partial charge is 0.376 e. The van der Waals surface area contributed by atoms with Crippen LogP contribution >= 0.6 is 17.0 Å². The molecule has 0 bridgehead atoms. The lowest BCUT2D eigenvalue weighted by Gasteiger charge is -2.23. The molecule has 0 amide bonds. The molecule has 0 spiro atoms. The van der Waals surface area contributed by atoms with Crippen LogP contribution in [0.3, 0.4) is 0 Å². The van der Waals surface area contributed by atoms with E-state index >= 15 is 0 Å². The van der Waals surface area contributed by atoms with E-state index in [-0.39, 0.29) is 17.0 Å². The normalized spacial score (nSPS) is 19.1. The van der Waals surface area contributed by atoms with Gasteiger partial charge in [-0.15, -0.1) is 17.0 Å². The molecule has 1 atom stereocenters. The first-order valence-corrected chi connectivity index (χ1v) is 8.26. The highest BCUT2D eigenvalue weighted by molar-refractivity contribution is 8.93. The van der Waals surface area contributed by atoms with Crippen LogP contribution in [0.25, 0.3) is 0 Å². The summed E-state index contributed by atoms with van der Waals surface area (Å²) in [6.45, 7) is 5.29. The van der Waals surface area contributed by atoms with Crippen molar-refractivity contribution in [3.63, 3.8) is 0 Å². The zero-order chi connectivity index (χ0) is 12.9. The number of hydrogen-bond donors (Lipinski definition) is 1. The average Bonchev–Trinajstić information content (AvgIpc) is 2.42. The third-order valence-electron chi connectivity index (χ3n) is 3.88. The summed E-state index contributed by atoms with van der Waals surface area (Å²) in [4.78, 5) is 0. The highest BCUT2D eigenvalue weighted by Gasteiger charge is 2.11. The van der Waals surface area contributed by atoms with E-state index in [0.29, 0.717) is 6.10 Å². The molecule has 1 rings (SSSR count). The molecular weight excluding hydrogens is 302 g/mol. The van der Waals surface area contributed by atoms with Gasteiger partial charge in [-0.3, -0.25) is 0 Å². The molecule has 19 heavy (non-hydrogen) atoms. The first-order chi connectivity index (χ1) is 8.93. The Morgan fingerprint density at radius 1 is 0.895 bits per heavy atom. The smallest absolute Gasteiger partial charge is 0.0700 e. The van der Waals surface area contributed by atoms with Crippen LogP contribution in [-0.2, 0) is 4.74 Å². The predicted octanol–water partition coefficient (Wildman–Crippen LogP) is 4.86. The molecule has 1 fully saturated rings. The first-order valence-electron chi connectivity index (χ1n) is 8.26. The Labute approximate surface area is 130 Å². The Bertz CT molecular complexity index is 172. The maximum absolute atomic E-state index is 5.70. The molecule has 1 saturated heterocycles. The minimum Gasteiger partial charge on any atom is -0.376 e. The fraction of sp³-hybridized carbons (Fsp3) is 1.00. The van der Waals surface area contributed by atoms with Gasteiger partial charge < -0.3 is 10.1 Å². The quantitative estimate of drug-likeness (QED) is 0.544. The van der Waals surface area contributed by atoms with Crippen molar-refractivity contribution in [1.82, 2.24) is 5.32 Å². The van der Waals surface area contributed by atoms with E-state index in [1.54, 1.807) is 0 Å². The summed E-state index contributed by atoms with van der Waals surface area (Å²) in [6.07, 6.45) is 15.9. The maximum atomic E-state index is 5.70. The van der Waals surface area contributed by atoms with Gasteiger partial charge in [0.1, 0.15) is 0 Å². The highest BCUT2D eigenvalue weighted by atomic mass is 79.9. The average molecular weight is 336 g/mol. The third kappa shape index (κ3) is 11.9. The number of unbranched alkanes of at least 4 members (excludes halogenated alkanes) is 9. The van der Waals surface area contributed by atoms with Gasteiger partial charge in [-0.2, -0.15) is 0 Å². The van der Waals surface area contributed by atoms with Crippen LogP contribution in [0.1, 0.15) is 77.6 Å². The molecule has 1 heterocycles. The molecule has 0 aliphatic carbocycles. The van der Waals surface area contributed by atoms with Gasteiger partial charge in [0, 0.05) is 13.1 Å². The highest BCUT2D eigenvalue weighted by Crippen LogP contribution is 2.13. The monoisotopic (exact) mass is 335 g/mol. The zero-order valence-corrected chi connectivity index (χ0v) is 14.5. The van der Waals surface area contributed by atoms with Gasteiger partial charge in [0.25, 0.3) is 0 Å². The van der Waals surface area contributed by atoms with Crippen molar-refractivity contribution in [2.75, 3.05) is 19.7 Å². The van der Waals surface area contributed by atoms with Gasteiger partial charge in [0.2, 0.25) is 0 Å². The SMILES string of the molecule is Br.CCCCCCCCCCCCC1CNCCO1. The number of hydrogen-bond acceptors (Lipinski definition) is 2. The Morgan fingerprint density at radius 2 is 1.47 bits per heavy atom. The minimum absolute atomic E-state index is 0. The lowest BCUT2D eigenvalue weighted by atomic mass is 10.0. The van der Waals surface area contributed by atoms with Crippen molar-refractivity contribution in [2.24, 2.45) is 0 Å². The molecule has 1 unspecified atom stereocenters. The van der Waals surface area contributed by atoms with Crippen LogP contribution < -0.4 is 5.32 Å². The van der Waals surface area contributed by atoms with Crippen molar-refractivity contribution in [3.8, 4) is 0 Å². The second-order valence-corrected chi connectivity index (χ2v) is 5.67. The van der Waals surface area contributed by atoms with Gasteiger partial charge >= 0.3 is 0 Å². The molecule has 1 aliphatic rings. The van der Waals surface area contributed by atoms with E-state index in [4.69, 9.17) is 4.74 Å². The molecule has 0 aromatic heterocycles. The Kier molecular flexibility index (Phi) is 15.1. The first kappa shape index (κ1) is 19.4. The van der Waals surface area contributed by atoms with Crippen LogP contribution in [0.15, 0.2) is 0 Å². The zero-order valence-electron chi connectivity index (χ0n) is 12.8. The minimum atomic E-state index is 0. The summed E-state index contributed by atoms with van der Waals surface area (Å²) < 4.78 is 5.70. The van der Waals surface area contributed by atoms with Crippen LogP contribution in [0.2, 0.25) is 0 Å². The van der Waals surface area contributed by atoms with E-state index < -0.39 is 0 Å². The summed E-state index contributed by atoms with van der Waals surface area (Å²) in [5.74, 6) is 0. The number of rotatable bonds is 11. The fourth-order valence-corrected chi connectivity index (χ4v) is 2.66. The summed E-state index contributed by atoms with van der Waals surface area (Å²) in [7, 11) is 0. The molecule has 116 valence electrons. The van der Waals surface area contributed by atoms with Crippen LogP contribution in [0, 0.1) is 0 Å². The van der Waals surface area contributed by atoms with Crippen molar-refractivity contribution in [2.45, 2.75) is 83.7 Å². The van der Waals surface area contributed by atoms with Crippen LogP contribution in [0.5, 0.6) is 0 Å². The molecule has 0 radical (unpaired) electrons. The van der Waals surface area contributed by atoms with Gasteiger partial charge in [-0.1, -0.05) is 71.1 Å². The molecular formula is C16H34BrNO. The standard InChI is InChI=1S/C16H33NO.BrH/c1-2-3-4-5-6-7-8-9-10-11-12-16-15-17-13-14-18-16;/h16-17H,2-15H2,1H3;1H. The molecule has 1 aliphatic heterocycles. The molecule has 0 aromatic carbocycles. The van der Waals surface area contributed by atoms with Crippen LogP contribution in [-0.4, -0.2) is 25.8 Å². The van der Waals surface area contributed by atoms with Gasteiger partial charge in [-0.25, -0.2) is 0 Å². The Balaban J connectivity index is 0.00000324. The van der Waals surface area contributed by atoms with E-state index in [1.165, 1.54) is 70.6 Å². The van der Waals surface area contributed by atoms with Gasteiger partial charge in [0.05, 0.1) is 12.7 Å². The number of ether oxygens (including phenoxy) is 1. The summed E-state index contributed by atoms with van der Waals surface area (Å²) >= 11 is 0. The van der Waals surface area contributed by atoms with Gasteiger partial charge in [0.15, 0.2) is 0 Å². The van der Waals surface area contributed by atoms with E-state index in [0.717, 1.165) is 19.7 Å². The Hall–Kier alpha value is 0.400. The topological polar surface area (TPSA) is 21.3 Å². The predicted molar refractivity (Wildman–Crippen MR) is 89.4 cm³/mol. The van der Waals surface area contributed by atoms with E-state index in [9.17, 15) is 0 Å². The second kappa shape index (κ2) is 14.8. The number of morpholine rings is 1. The summed E-state index contributed by atoms with van der Waals surface area (Å²) in [6, 6.07) is 0. The molecule has 0 aromatic rings. The maximum Gasteiger partial charge on any atom is 0.0700 e. The van der Waals surface area contributed by atoms with E-state index in [1.807, 2.05) is 0 Å². The fourth-order valence-electron chi connectivity index (χ4n) is 2.66. The van der Waals surface area contributed by atoms with Gasteiger partial charge in [-0.05, 0) is 6.42 Å². The number of halogens is 1. The second-order valence-electron chi connectivity index (χ2n) is 5.67. The van der Waals surface area contributed by atoms with Crippen LogP contribution in [0.4, 0.5) is 0 Å². The summed E-state index contributed by atoms with van der Waals surface area (Å²) in [5.41, 5.74) is 0. The summed E-state index contributed by atoms with van der Waals surface area (Å²) in [5, 5.41) is 3.40. The molecule has 2 nitrogen and oxygen atoms in total. The third-order valence-corrected chi connectivity index (χ3v) is 3.88. The van der Waals surface area contributed by atoms with Crippen molar-refractivity contribution in [3.05, 3.63) is 0 Å². The van der Waals surface area contributed by atoms with Crippen molar-refractivity contribution >= 4 is 17.0 Å². The Morgan fingerprint density at radius 3 is 2.00 bits per heavy atom.